The van der Waals surface area contributed by atoms with Gasteiger partial charge in [-0.15, -0.1) is 0 Å². The van der Waals surface area contributed by atoms with Gasteiger partial charge in [-0.3, -0.25) is 20.4 Å². The van der Waals surface area contributed by atoms with Gasteiger partial charge >= 0.3 is 0 Å². The fraction of sp³-hybridized carbons (Fsp3) is 0.0625. The number of aromatic nitrogens is 2. The highest BCUT2D eigenvalue weighted by molar-refractivity contribution is 9.10. The first-order valence-corrected chi connectivity index (χ1v) is 8.82. The number of thioether (sulfide) groups is 1. The minimum absolute atomic E-state index is 0.139. The van der Waals surface area contributed by atoms with E-state index in [9.17, 15) is 9.59 Å². The van der Waals surface area contributed by atoms with Crippen LogP contribution in [-0.2, 0) is 4.79 Å². The molecule has 0 unspecified atom stereocenters. The number of para-hydroxylation sites is 2. The molecule has 122 valence electrons. The number of amides is 2. The number of hydrogen-bond acceptors (Lipinski definition) is 4. The van der Waals surface area contributed by atoms with Crippen molar-refractivity contribution in [3.8, 4) is 0 Å². The minimum atomic E-state index is -0.371. The molecule has 0 radical (unpaired) electrons. The molecule has 2 aromatic carbocycles. The fourth-order valence-electron chi connectivity index (χ4n) is 1.97. The third-order valence-corrected chi connectivity index (χ3v) is 4.53. The van der Waals surface area contributed by atoms with Crippen molar-refractivity contribution in [2.24, 2.45) is 0 Å². The molecule has 1 heterocycles. The highest BCUT2D eigenvalue weighted by atomic mass is 79.9. The van der Waals surface area contributed by atoms with E-state index in [1.54, 1.807) is 24.3 Å². The summed E-state index contributed by atoms with van der Waals surface area (Å²) < 4.78 is 0.880. The van der Waals surface area contributed by atoms with Gasteiger partial charge in [-0.25, -0.2) is 4.98 Å². The largest absolute Gasteiger partial charge is 0.333 e. The zero-order valence-electron chi connectivity index (χ0n) is 12.4. The number of fused-ring (bicyclic) bond motifs is 1. The summed E-state index contributed by atoms with van der Waals surface area (Å²) in [6, 6.07) is 14.5. The molecule has 8 heteroatoms. The number of imidazole rings is 1. The van der Waals surface area contributed by atoms with Gasteiger partial charge in [0.25, 0.3) is 5.91 Å². The van der Waals surface area contributed by atoms with Gasteiger partial charge in [-0.1, -0.05) is 39.8 Å². The molecule has 0 atom stereocenters. The molecule has 2 amide bonds. The van der Waals surface area contributed by atoms with Crippen LogP contribution in [0.1, 0.15) is 10.4 Å². The summed E-state index contributed by atoms with van der Waals surface area (Å²) in [5.41, 5.74) is 7.00. The van der Waals surface area contributed by atoms with Gasteiger partial charge in [-0.05, 0) is 36.4 Å². The van der Waals surface area contributed by atoms with Crippen molar-refractivity contribution in [3.05, 3.63) is 58.6 Å². The lowest BCUT2D eigenvalue weighted by atomic mass is 10.2. The molecule has 1 aromatic heterocycles. The standard InChI is InChI=1S/C16H13BrN4O2S/c17-11-7-5-10(6-8-11)15(23)21-20-14(22)9-24-16-18-12-3-1-2-4-13(12)19-16/h1-8H,9H2,(H,18,19)(H,20,22)(H,21,23). The molecule has 0 aliphatic rings. The van der Waals surface area contributed by atoms with Gasteiger partial charge in [0.2, 0.25) is 5.91 Å². The third-order valence-electron chi connectivity index (χ3n) is 3.13. The Labute approximate surface area is 150 Å². The maximum Gasteiger partial charge on any atom is 0.269 e. The van der Waals surface area contributed by atoms with Crippen molar-refractivity contribution in [1.82, 2.24) is 20.8 Å². The number of carbonyl (C=O) groups excluding carboxylic acids is 2. The Hall–Kier alpha value is -2.32. The van der Waals surface area contributed by atoms with E-state index in [1.807, 2.05) is 24.3 Å². The molecular weight excluding hydrogens is 392 g/mol. The van der Waals surface area contributed by atoms with Gasteiger partial charge in [0.1, 0.15) is 0 Å². The molecule has 0 saturated carbocycles. The molecule has 6 nitrogen and oxygen atoms in total. The van der Waals surface area contributed by atoms with Crippen molar-refractivity contribution < 1.29 is 9.59 Å². The topological polar surface area (TPSA) is 86.9 Å². The minimum Gasteiger partial charge on any atom is -0.333 e. The third kappa shape index (κ3) is 4.15. The lowest BCUT2D eigenvalue weighted by Crippen LogP contribution is -2.42. The van der Waals surface area contributed by atoms with Crippen molar-refractivity contribution in [2.45, 2.75) is 5.16 Å². The summed E-state index contributed by atoms with van der Waals surface area (Å²) in [4.78, 5) is 31.2. The summed E-state index contributed by atoms with van der Waals surface area (Å²) in [6.07, 6.45) is 0. The Balaban J connectivity index is 1.48. The van der Waals surface area contributed by atoms with Crippen LogP contribution in [-0.4, -0.2) is 27.5 Å². The van der Waals surface area contributed by atoms with E-state index in [4.69, 9.17) is 0 Å². The molecule has 0 aliphatic heterocycles. The molecule has 3 aromatic rings. The number of halogens is 1. The predicted molar refractivity (Wildman–Crippen MR) is 96.6 cm³/mol. The second-order valence-electron chi connectivity index (χ2n) is 4.86. The zero-order valence-corrected chi connectivity index (χ0v) is 14.8. The zero-order chi connectivity index (χ0) is 16.9. The molecule has 0 aliphatic carbocycles. The van der Waals surface area contributed by atoms with Crippen molar-refractivity contribution in [1.29, 1.82) is 0 Å². The molecule has 3 N–H and O–H groups in total. The van der Waals surface area contributed by atoms with Crippen LogP contribution in [0.5, 0.6) is 0 Å². The molecule has 3 rings (SSSR count). The van der Waals surface area contributed by atoms with E-state index in [2.05, 4.69) is 36.7 Å². The number of nitrogens with one attached hydrogen (secondary N) is 3. The average Bonchev–Trinajstić information content (AvgIpc) is 3.01. The number of carbonyl (C=O) groups is 2. The SMILES string of the molecule is O=C(CSc1nc2ccccc2[nH]1)NNC(=O)c1ccc(Br)cc1. The van der Waals surface area contributed by atoms with Crippen LogP contribution < -0.4 is 10.9 Å². The van der Waals surface area contributed by atoms with Gasteiger partial charge in [0.15, 0.2) is 5.16 Å². The number of H-pyrrole nitrogens is 1. The predicted octanol–water partition coefficient (Wildman–Crippen LogP) is 2.88. The fourth-order valence-corrected chi connectivity index (χ4v) is 2.92. The average molecular weight is 405 g/mol. The summed E-state index contributed by atoms with van der Waals surface area (Å²) in [6.45, 7) is 0. The monoisotopic (exact) mass is 404 g/mol. The van der Waals surface area contributed by atoms with Crippen molar-refractivity contribution in [2.75, 3.05) is 5.75 Å². The Morgan fingerprint density at radius 2 is 1.83 bits per heavy atom. The van der Waals surface area contributed by atoms with Crippen LogP contribution in [0.15, 0.2) is 58.2 Å². The molecule has 0 bridgehead atoms. The first kappa shape index (κ1) is 16.5. The van der Waals surface area contributed by atoms with Crippen LogP contribution in [0.2, 0.25) is 0 Å². The number of rotatable bonds is 4. The maximum absolute atomic E-state index is 11.9. The lowest BCUT2D eigenvalue weighted by molar-refractivity contribution is -0.119. The number of aromatic amines is 1. The Bertz CT molecular complexity index is 846. The van der Waals surface area contributed by atoms with Gasteiger partial charge in [0, 0.05) is 10.0 Å². The molecular formula is C16H13BrN4O2S. The van der Waals surface area contributed by atoms with E-state index in [1.165, 1.54) is 11.8 Å². The van der Waals surface area contributed by atoms with Crippen LogP contribution in [0, 0.1) is 0 Å². The second-order valence-corrected chi connectivity index (χ2v) is 6.74. The van der Waals surface area contributed by atoms with Crippen LogP contribution in [0.25, 0.3) is 11.0 Å². The molecule has 0 spiro atoms. The van der Waals surface area contributed by atoms with E-state index in [-0.39, 0.29) is 17.6 Å². The van der Waals surface area contributed by atoms with Gasteiger partial charge in [-0.2, -0.15) is 0 Å². The summed E-state index contributed by atoms with van der Waals surface area (Å²) in [5.74, 6) is -0.545. The highest BCUT2D eigenvalue weighted by Gasteiger charge is 2.09. The van der Waals surface area contributed by atoms with Crippen LogP contribution >= 0.6 is 27.7 Å². The summed E-state index contributed by atoms with van der Waals surface area (Å²) >= 11 is 4.57. The van der Waals surface area contributed by atoms with Crippen molar-refractivity contribution in [3.63, 3.8) is 0 Å². The van der Waals surface area contributed by atoms with Crippen LogP contribution in [0.3, 0.4) is 0 Å². The first-order valence-electron chi connectivity index (χ1n) is 7.04. The normalized spacial score (nSPS) is 10.5. The van der Waals surface area contributed by atoms with E-state index in [0.717, 1.165) is 15.5 Å². The van der Waals surface area contributed by atoms with Crippen LogP contribution in [0.4, 0.5) is 0 Å². The highest BCUT2D eigenvalue weighted by Crippen LogP contribution is 2.18. The van der Waals surface area contributed by atoms with E-state index >= 15 is 0 Å². The smallest absolute Gasteiger partial charge is 0.269 e. The Kier molecular flexibility index (Phi) is 5.17. The summed E-state index contributed by atoms with van der Waals surface area (Å²) in [5, 5.41) is 0.658. The molecule has 24 heavy (non-hydrogen) atoms. The van der Waals surface area contributed by atoms with E-state index in [0.29, 0.717) is 10.7 Å². The number of benzene rings is 2. The van der Waals surface area contributed by atoms with Crippen molar-refractivity contribution >= 4 is 50.5 Å². The van der Waals surface area contributed by atoms with Gasteiger partial charge < -0.3 is 4.98 Å². The molecule has 0 fully saturated rings. The Morgan fingerprint density at radius 3 is 2.58 bits per heavy atom. The van der Waals surface area contributed by atoms with E-state index < -0.39 is 0 Å². The molecule has 0 saturated heterocycles. The van der Waals surface area contributed by atoms with Gasteiger partial charge in [0.05, 0.1) is 16.8 Å². The second kappa shape index (κ2) is 7.50. The Morgan fingerprint density at radius 1 is 1.08 bits per heavy atom. The maximum atomic E-state index is 11.9. The first-order chi connectivity index (χ1) is 11.6. The number of hydrazine groups is 1. The number of hydrogen-bond donors (Lipinski definition) is 3. The summed E-state index contributed by atoms with van der Waals surface area (Å²) in [7, 11) is 0. The quantitative estimate of drug-likeness (QED) is 0.460. The lowest BCUT2D eigenvalue weighted by Gasteiger charge is -2.06. The number of nitrogens with zero attached hydrogens (tertiary/aromatic N) is 1.